The fraction of sp³-hybridized carbons (Fsp3) is 0.0714. The zero-order valence-corrected chi connectivity index (χ0v) is 10.3. The first-order chi connectivity index (χ1) is 9.11. The van der Waals surface area contributed by atoms with Crippen molar-refractivity contribution in [2.75, 3.05) is 18.2 Å². The van der Waals surface area contributed by atoms with E-state index in [4.69, 9.17) is 10.5 Å². The lowest BCUT2D eigenvalue weighted by molar-refractivity contribution is 0.102. The number of nitrogens with two attached hydrogens (primary N) is 1. The summed E-state index contributed by atoms with van der Waals surface area (Å²) < 4.78 is 18.5. The fourth-order valence-corrected chi connectivity index (χ4v) is 1.62. The largest absolute Gasteiger partial charge is 0.497 e. The number of carbonyl (C=O) groups excluding carboxylic acids is 1. The number of hydrogen-bond donors (Lipinski definition) is 2. The van der Waals surface area contributed by atoms with Gasteiger partial charge < -0.3 is 15.8 Å². The molecule has 2 rings (SSSR count). The highest BCUT2D eigenvalue weighted by molar-refractivity contribution is 6.05. The number of amides is 1. The molecule has 0 aliphatic heterocycles. The molecular weight excluding hydrogens is 247 g/mol. The van der Waals surface area contributed by atoms with E-state index in [-0.39, 0.29) is 5.56 Å². The molecule has 3 N–H and O–H groups in total. The third kappa shape index (κ3) is 2.82. The van der Waals surface area contributed by atoms with E-state index in [0.717, 1.165) is 0 Å². The molecule has 0 saturated heterocycles. The van der Waals surface area contributed by atoms with E-state index in [1.54, 1.807) is 24.3 Å². The number of halogens is 1. The van der Waals surface area contributed by atoms with Crippen molar-refractivity contribution in [3.63, 3.8) is 0 Å². The molecule has 4 nitrogen and oxygen atoms in total. The Bertz CT molecular complexity index is 614. The number of anilines is 2. The molecule has 0 unspecified atom stereocenters. The first-order valence-electron chi connectivity index (χ1n) is 5.61. The third-order valence-corrected chi connectivity index (χ3v) is 2.63. The number of rotatable bonds is 3. The normalized spacial score (nSPS) is 10.0. The topological polar surface area (TPSA) is 64.3 Å². The lowest BCUT2D eigenvalue weighted by atomic mass is 10.2. The van der Waals surface area contributed by atoms with Gasteiger partial charge in [-0.3, -0.25) is 4.79 Å². The van der Waals surface area contributed by atoms with Crippen LogP contribution in [0, 0.1) is 5.82 Å². The van der Waals surface area contributed by atoms with Crippen LogP contribution in [0.15, 0.2) is 42.5 Å². The number of methoxy groups -OCH3 is 1. The van der Waals surface area contributed by atoms with Gasteiger partial charge in [-0.1, -0.05) is 12.1 Å². The van der Waals surface area contributed by atoms with Crippen LogP contribution in [-0.2, 0) is 0 Å². The van der Waals surface area contributed by atoms with Gasteiger partial charge in [0, 0.05) is 6.07 Å². The van der Waals surface area contributed by atoms with Gasteiger partial charge in [0.2, 0.25) is 0 Å². The Morgan fingerprint density at radius 2 is 2.00 bits per heavy atom. The lowest BCUT2D eigenvalue weighted by Crippen LogP contribution is -2.14. The monoisotopic (exact) mass is 260 g/mol. The van der Waals surface area contributed by atoms with Crippen molar-refractivity contribution in [3.8, 4) is 5.75 Å². The molecule has 2 aromatic carbocycles. The minimum atomic E-state index is -0.577. The molecule has 0 aromatic heterocycles. The van der Waals surface area contributed by atoms with Gasteiger partial charge in [-0.05, 0) is 24.3 Å². The molecular formula is C14H13FN2O2. The second kappa shape index (κ2) is 5.39. The zero-order valence-electron chi connectivity index (χ0n) is 10.3. The Morgan fingerprint density at radius 1 is 1.26 bits per heavy atom. The molecule has 0 heterocycles. The second-order valence-electron chi connectivity index (χ2n) is 3.89. The van der Waals surface area contributed by atoms with E-state index in [2.05, 4.69) is 5.32 Å². The Hall–Kier alpha value is -2.56. The highest BCUT2D eigenvalue weighted by Crippen LogP contribution is 2.24. The molecule has 0 bridgehead atoms. The Labute approximate surface area is 110 Å². The molecule has 98 valence electrons. The van der Waals surface area contributed by atoms with Gasteiger partial charge in [0.15, 0.2) is 0 Å². The predicted octanol–water partition coefficient (Wildman–Crippen LogP) is 2.67. The summed E-state index contributed by atoms with van der Waals surface area (Å²) in [7, 11) is 1.52. The van der Waals surface area contributed by atoms with Gasteiger partial charge in [0.25, 0.3) is 5.91 Å². The first-order valence-corrected chi connectivity index (χ1v) is 5.61. The summed E-state index contributed by atoms with van der Waals surface area (Å²) in [6.45, 7) is 0. The highest BCUT2D eigenvalue weighted by atomic mass is 19.1. The van der Waals surface area contributed by atoms with Crippen molar-refractivity contribution >= 4 is 17.3 Å². The number of nitrogens with one attached hydrogen (secondary N) is 1. The fourth-order valence-electron chi connectivity index (χ4n) is 1.62. The van der Waals surface area contributed by atoms with Crippen LogP contribution in [0.25, 0.3) is 0 Å². The van der Waals surface area contributed by atoms with Gasteiger partial charge in [-0.25, -0.2) is 4.39 Å². The van der Waals surface area contributed by atoms with Crippen LogP contribution >= 0.6 is 0 Å². The van der Waals surface area contributed by atoms with E-state index in [9.17, 15) is 9.18 Å². The van der Waals surface area contributed by atoms with Crippen LogP contribution in [0.5, 0.6) is 5.75 Å². The average molecular weight is 260 g/mol. The summed E-state index contributed by atoms with van der Waals surface area (Å²) >= 11 is 0. The Kier molecular flexibility index (Phi) is 3.66. The first kappa shape index (κ1) is 12.9. The van der Waals surface area contributed by atoms with Gasteiger partial charge in [-0.2, -0.15) is 0 Å². The minimum Gasteiger partial charge on any atom is -0.497 e. The molecule has 5 heteroatoms. The molecule has 0 saturated carbocycles. The summed E-state index contributed by atoms with van der Waals surface area (Å²) in [4.78, 5) is 11.9. The SMILES string of the molecule is COc1ccc(NC(=O)c2ccccc2F)c(N)c1. The van der Waals surface area contributed by atoms with Crippen molar-refractivity contribution in [2.24, 2.45) is 0 Å². The van der Waals surface area contributed by atoms with E-state index < -0.39 is 11.7 Å². The van der Waals surface area contributed by atoms with Crippen molar-refractivity contribution in [3.05, 3.63) is 53.8 Å². The molecule has 0 fully saturated rings. The van der Waals surface area contributed by atoms with E-state index >= 15 is 0 Å². The van der Waals surface area contributed by atoms with Gasteiger partial charge in [-0.15, -0.1) is 0 Å². The maximum atomic E-state index is 13.4. The van der Waals surface area contributed by atoms with E-state index in [1.807, 2.05) is 0 Å². The molecule has 2 aromatic rings. The van der Waals surface area contributed by atoms with Crippen LogP contribution in [0.3, 0.4) is 0 Å². The van der Waals surface area contributed by atoms with E-state index in [0.29, 0.717) is 17.1 Å². The molecule has 1 amide bonds. The maximum absolute atomic E-state index is 13.4. The Balaban J connectivity index is 2.22. The number of benzene rings is 2. The smallest absolute Gasteiger partial charge is 0.258 e. The maximum Gasteiger partial charge on any atom is 0.258 e. The van der Waals surface area contributed by atoms with E-state index in [1.165, 1.54) is 25.3 Å². The predicted molar refractivity (Wildman–Crippen MR) is 71.8 cm³/mol. The number of carbonyl (C=O) groups is 1. The summed E-state index contributed by atoms with van der Waals surface area (Å²) in [5, 5.41) is 2.56. The molecule has 0 atom stereocenters. The van der Waals surface area contributed by atoms with Crippen molar-refractivity contribution in [1.82, 2.24) is 0 Å². The van der Waals surface area contributed by atoms with Crippen molar-refractivity contribution < 1.29 is 13.9 Å². The van der Waals surface area contributed by atoms with Crippen LogP contribution in [0.1, 0.15) is 10.4 Å². The molecule has 0 aliphatic rings. The standard InChI is InChI=1S/C14H13FN2O2/c1-19-9-6-7-13(12(16)8-9)17-14(18)10-4-2-3-5-11(10)15/h2-8H,16H2,1H3,(H,17,18). The summed E-state index contributed by atoms with van der Waals surface area (Å²) in [5.41, 5.74) is 6.51. The molecule has 0 radical (unpaired) electrons. The van der Waals surface area contributed by atoms with Gasteiger partial charge in [0.1, 0.15) is 11.6 Å². The minimum absolute atomic E-state index is 0.0299. The van der Waals surface area contributed by atoms with Gasteiger partial charge in [0.05, 0.1) is 24.0 Å². The molecule has 19 heavy (non-hydrogen) atoms. The van der Waals surface area contributed by atoms with Crippen LogP contribution in [-0.4, -0.2) is 13.0 Å². The van der Waals surface area contributed by atoms with Crippen molar-refractivity contribution in [1.29, 1.82) is 0 Å². The third-order valence-electron chi connectivity index (χ3n) is 2.63. The quantitative estimate of drug-likeness (QED) is 0.834. The zero-order chi connectivity index (χ0) is 13.8. The summed E-state index contributed by atoms with van der Waals surface area (Å²) in [6.07, 6.45) is 0. The Morgan fingerprint density at radius 3 is 2.63 bits per heavy atom. The number of nitrogen functional groups attached to an aromatic ring is 1. The highest BCUT2D eigenvalue weighted by Gasteiger charge is 2.12. The summed E-state index contributed by atoms with van der Waals surface area (Å²) in [6, 6.07) is 10.6. The lowest BCUT2D eigenvalue weighted by Gasteiger charge is -2.10. The average Bonchev–Trinajstić information content (AvgIpc) is 2.41. The van der Waals surface area contributed by atoms with Gasteiger partial charge >= 0.3 is 0 Å². The van der Waals surface area contributed by atoms with Crippen LogP contribution in [0.2, 0.25) is 0 Å². The van der Waals surface area contributed by atoms with Crippen molar-refractivity contribution in [2.45, 2.75) is 0 Å². The number of hydrogen-bond acceptors (Lipinski definition) is 3. The number of ether oxygens (including phenoxy) is 1. The van der Waals surface area contributed by atoms with Crippen LogP contribution < -0.4 is 15.8 Å². The molecule has 0 aliphatic carbocycles. The second-order valence-corrected chi connectivity index (χ2v) is 3.89. The summed E-state index contributed by atoms with van der Waals surface area (Å²) in [5.74, 6) is -0.538. The van der Waals surface area contributed by atoms with Crippen LogP contribution in [0.4, 0.5) is 15.8 Å². The molecule has 0 spiro atoms.